The molecule has 0 aromatic rings. The molecule has 1 nitrogen and oxygen atoms in total. The fourth-order valence-electron chi connectivity index (χ4n) is 0.860. The van der Waals surface area contributed by atoms with Crippen molar-refractivity contribution < 1.29 is 4.79 Å². The zero-order valence-electron chi connectivity index (χ0n) is 7.98. The lowest BCUT2D eigenvalue weighted by Crippen LogP contribution is -2.32. The molecule has 1 unspecified atom stereocenters. The summed E-state index contributed by atoms with van der Waals surface area (Å²) in [5.74, 6) is 0. The van der Waals surface area contributed by atoms with Gasteiger partial charge in [0, 0.05) is 6.42 Å². The number of aldehydes is 1. The predicted molar refractivity (Wildman–Crippen MR) is 52.4 cm³/mol. The quantitative estimate of drug-likeness (QED) is 0.468. The van der Waals surface area contributed by atoms with Gasteiger partial charge in [-0.1, -0.05) is 25.2 Å². The molecule has 0 radical (unpaired) electrons. The summed E-state index contributed by atoms with van der Waals surface area (Å²) in [6.45, 7) is 12.7. The lowest BCUT2D eigenvalue weighted by Gasteiger charge is -2.28. The van der Waals surface area contributed by atoms with E-state index in [1.165, 1.54) is 5.20 Å². The van der Waals surface area contributed by atoms with Gasteiger partial charge in [-0.25, -0.2) is 0 Å². The van der Waals surface area contributed by atoms with Crippen LogP contribution < -0.4 is 0 Å². The molecular weight excluding hydrogens is 152 g/mol. The number of carbonyl (C=O) groups excluding carboxylic acids is 1. The molecule has 0 fully saturated rings. The van der Waals surface area contributed by atoms with Crippen molar-refractivity contribution in [3.05, 3.63) is 11.8 Å². The fourth-order valence-corrected chi connectivity index (χ4v) is 2.39. The highest BCUT2D eigenvalue weighted by molar-refractivity contribution is 6.85. The molecule has 0 aliphatic carbocycles. The second kappa shape index (κ2) is 3.86. The second-order valence-corrected chi connectivity index (χ2v) is 9.09. The summed E-state index contributed by atoms with van der Waals surface area (Å²) >= 11 is 0. The van der Waals surface area contributed by atoms with Crippen LogP contribution in [0.15, 0.2) is 11.8 Å². The van der Waals surface area contributed by atoms with Crippen molar-refractivity contribution in [2.24, 2.45) is 0 Å². The van der Waals surface area contributed by atoms with Gasteiger partial charge in [0.2, 0.25) is 0 Å². The van der Waals surface area contributed by atoms with Gasteiger partial charge in [-0.3, -0.25) is 0 Å². The molecule has 1 atom stereocenters. The molecule has 0 amide bonds. The van der Waals surface area contributed by atoms with Crippen LogP contribution in [0, 0.1) is 0 Å². The molecular formula is C9H18OSi. The average molecular weight is 170 g/mol. The third-order valence-electron chi connectivity index (χ3n) is 2.78. The molecule has 0 aromatic heterocycles. The highest BCUT2D eigenvalue weighted by Gasteiger charge is 2.28. The van der Waals surface area contributed by atoms with Gasteiger partial charge in [-0.2, -0.15) is 0 Å². The van der Waals surface area contributed by atoms with Gasteiger partial charge < -0.3 is 4.79 Å². The van der Waals surface area contributed by atoms with Crippen molar-refractivity contribution in [2.45, 2.75) is 38.9 Å². The Morgan fingerprint density at radius 3 is 2.36 bits per heavy atom. The van der Waals surface area contributed by atoms with Crippen molar-refractivity contribution in [2.75, 3.05) is 0 Å². The molecule has 0 saturated heterocycles. The van der Waals surface area contributed by atoms with Gasteiger partial charge in [-0.15, -0.1) is 6.58 Å². The zero-order valence-corrected chi connectivity index (χ0v) is 8.98. The highest BCUT2D eigenvalue weighted by atomic mass is 28.3. The second-order valence-electron chi connectivity index (χ2n) is 3.81. The summed E-state index contributed by atoms with van der Waals surface area (Å²) in [5.41, 5.74) is 0.525. The smallest absolute Gasteiger partial charge is 0.119 e. The minimum absolute atomic E-state index is 0.525. The molecule has 11 heavy (non-hydrogen) atoms. The Labute approximate surface area is 70.5 Å². The van der Waals surface area contributed by atoms with Crippen molar-refractivity contribution in [3.63, 3.8) is 0 Å². The fraction of sp³-hybridized carbons (Fsp3) is 0.667. The lowest BCUT2D eigenvalue weighted by molar-refractivity contribution is -0.107. The third kappa shape index (κ3) is 2.62. The van der Waals surface area contributed by atoms with Gasteiger partial charge in [0.25, 0.3) is 0 Å². The van der Waals surface area contributed by atoms with E-state index in [2.05, 4.69) is 33.5 Å². The molecule has 0 spiro atoms. The zero-order chi connectivity index (χ0) is 9.07. The largest absolute Gasteiger partial charge is 0.303 e. The van der Waals surface area contributed by atoms with Gasteiger partial charge in [0.1, 0.15) is 6.29 Å². The van der Waals surface area contributed by atoms with E-state index in [9.17, 15) is 4.79 Å². The van der Waals surface area contributed by atoms with E-state index in [0.717, 1.165) is 6.29 Å². The Kier molecular flexibility index (Phi) is 3.73. The van der Waals surface area contributed by atoms with E-state index < -0.39 is 8.07 Å². The minimum atomic E-state index is -1.33. The Morgan fingerprint density at radius 2 is 2.09 bits per heavy atom. The molecule has 2 heteroatoms. The monoisotopic (exact) mass is 170 g/mol. The summed E-state index contributed by atoms with van der Waals surface area (Å²) in [6.07, 6.45) is 1.70. The van der Waals surface area contributed by atoms with Crippen LogP contribution in [-0.2, 0) is 4.79 Å². The van der Waals surface area contributed by atoms with Gasteiger partial charge in [0.05, 0.1) is 8.07 Å². The van der Waals surface area contributed by atoms with Crippen molar-refractivity contribution in [3.8, 4) is 0 Å². The standard InChI is InChI=1S/C9H18OSi/c1-8(2)11(4,5)9(3)6-7-10/h7,9H,1,6H2,2-5H3. The maximum Gasteiger partial charge on any atom is 0.119 e. The first kappa shape index (κ1) is 10.6. The number of allylic oxidation sites excluding steroid dienone is 1. The molecule has 64 valence electrons. The van der Waals surface area contributed by atoms with Gasteiger partial charge >= 0.3 is 0 Å². The minimum Gasteiger partial charge on any atom is -0.303 e. The molecule has 0 saturated carbocycles. The van der Waals surface area contributed by atoms with Crippen LogP contribution >= 0.6 is 0 Å². The first-order chi connectivity index (χ1) is 4.92. The van der Waals surface area contributed by atoms with Gasteiger partial charge in [0.15, 0.2) is 0 Å². The van der Waals surface area contributed by atoms with Gasteiger partial charge in [-0.05, 0) is 12.5 Å². The predicted octanol–water partition coefficient (Wildman–Crippen LogP) is 2.79. The normalized spacial score (nSPS) is 14.2. The SMILES string of the molecule is C=C(C)[Si](C)(C)C(C)CC=O. The number of carbonyl (C=O) groups is 1. The summed E-state index contributed by atoms with van der Waals surface area (Å²) in [7, 11) is -1.33. The Morgan fingerprint density at radius 1 is 1.64 bits per heavy atom. The van der Waals surface area contributed by atoms with E-state index >= 15 is 0 Å². The Balaban J connectivity index is 4.28. The van der Waals surface area contributed by atoms with Crippen LogP contribution in [0.25, 0.3) is 0 Å². The molecule has 0 bridgehead atoms. The third-order valence-corrected chi connectivity index (χ3v) is 7.68. The number of hydrogen-bond donors (Lipinski definition) is 0. The van der Waals surface area contributed by atoms with Crippen molar-refractivity contribution in [1.82, 2.24) is 0 Å². The van der Waals surface area contributed by atoms with Crippen LogP contribution in [0.2, 0.25) is 18.6 Å². The topological polar surface area (TPSA) is 17.1 Å². The number of hydrogen-bond acceptors (Lipinski definition) is 1. The molecule has 0 N–H and O–H groups in total. The molecule has 0 rings (SSSR count). The highest BCUT2D eigenvalue weighted by Crippen LogP contribution is 2.28. The van der Waals surface area contributed by atoms with Crippen molar-refractivity contribution >= 4 is 14.4 Å². The Bertz CT molecular complexity index is 161. The summed E-state index contributed by atoms with van der Waals surface area (Å²) in [6, 6.07) is 0. The van der Waals surface area contributed by atoms with Crippen LogP contribution in [0.5, 0.6) is 0 Å². The lowest BCUT2D eigenvalue weighted by atomic mass is 10.4. The van der Waals surface area contributed by atoms with E-state index in [0.29, 0.717) is 12.0 Å². The molecule has 0 aliphatic rings. The summed E-state index contributed by atoms with van der Waals surface area (Å²) < 4.78 is 0. The van der Waals surface area contributed by atoms with Crippen molar-refractivity contribution in [1.29, 1.82) is 0 Å². The molecule has 0 heterocycles. The van der Waals surface area contributed by atoms with Crippen LogP contribution in [0.3, 0.4) is 0 Å². The summed E-state index contributed by atoms with van der Waals surface area (Å²) in [4.78, 5) is 10.3. The van der Waals surface area contributed by atoms with Crippen LogP contribution in [-0.4, -0.2) is 14.4 Å². The summed E-state index contributed by atoms with van der Waals surface area (Å²) in [5, 5.41) is 1.28. The van der Waals surface area contributed by atoms with E-state index in [1.54, 1.807) is 0 Å². The first-order valence-electron chi connectivity index (χ1n) is 4.02. The number of rotatable bonds is 4. The van der Waals surface area contributed by atoms with E-state index in [-0.39, 0.29) is 0 Å². The maximum atomic E-state index is 10.3. The van der Waals surface area contributed by atoms with E-state index in [4.69, 9.17) is 0 Å². The molecule has 0 aromatic carbocycles. The van der Waals surface area contributed by atoms with Crippen LogP contribution in [0.4, 0.5) is 0 Å². The maximum absolute atomic E-state index is 10.3. The Hall–Kier alpha value is -0.373. The van der Waals surface area contributed by atoms with Crippen LogP contribution in [0.1, 0.15) is 20.3 Å². The average Bonchev–Trinajstić information content (AvgIpc) is 1.88. The first-order valence-corrected chi connectivity index (χ1v) is 7.10. The molecule has 0 aliphatic heterocycles. The van der Waals surface area contributed by atoms with E-state index in [1.807, 2.05) is 0 Å².